The van der Waals surface area contributed by atoms with Crippen molar-refractivity contribution in [1.29, 1.82) is 0 Å². The molecule has 6 aromatic rings. The van der Waals surface area contributed by atoms with Crippen LogP contribution in [0.15, 0.2) is 72.4 Å². The number of nitrogens with one attached hydrogen (secondary N) is 2. The quantitative estimate of drug-likeness (QED) is 0.0346. The van der Waals surface area contributed by atoms with E-state index in [4.69, 9.17) is 57.8 Å². The van der Waals surface area contributed by atoms with Crippen LogP contribution in [0.3, 0.4) is 0 Å². The van der Waals surface area contributed by atoms with Gasteiger partial charge in [-0.1, -0.05) is 312 Å². The zero-order valence-electron chi connectivity index (χ0n) is 71.3. The highest BCUT2D eigenvalue weighted by atomic mass is 16.5. The minimum absolute atomic E-state index is 0.425. The van der Waals surface area contributed by atoms with E-state index >= 15 is 0 Å². The summed E-state index contributed by atoms with van der Waals surface area (Å²) in [5.41, 5.74) is 5.31. The third-order valence-electron chi connectivity index (χ3n) is 22.2. The zero-order chi connectivity index (χ0) is 78.4. The summed E-state index contributed by atoms with van der Waals surface area (Å²) in [5, 5.41) is 7.62. The second-order valence-electron chi connectivity index (χ2n) is 32.0. The van der Waals surface area contributed by atoms with Gasteiger partial charge in [0, 0.05) is 44.3 Å². The third kappa shape index (κ3) is 28.6. The maximum Gasteiger partial charge on any atom is 0.253 e. The van der Waals surface area contributed by atoms with Crippen molar-refractivity contribution in [1.82, 2.24) is 29.9 Å². The van der Waals surface area contributed by atoms with Gasteiger partial charge in [-0.15, -0.1) is 0 Å². The molecule has 3 aliphatic heterocycles. The van der Waals surface area contributed by atoms with Crippen LogP contribution in [-0.4, -0.2) is 82.8 Å². The van der Waals surface area contributed by atoms with Gasteiger partial charge in [-0.3, -0.25) is 0 Å². The number of rotatable bonds is 64. The fourth-order valence-corrected chi connectivity index (χ4v) is 15.3. The van der Waals surface area contributed by atoms with Crippen LogP contribution in [0, 0.1) is 0 Å². The molecule has 3 aromatic carbocycles. The molecule has 0 saturated heterocycles. The predicted molar refractivity (Wildman–Crippen MR) is 469 cm³/mol. The van der Waals surface area contributed by atoms with E-state index in [0.29, 0.717) is 116 Å². The fourth-order valence-electron chi connectivity index (χ4n) is 15.3. The molecule has 0 unspecified atom stereocenters. The number of unbranched alkanes of at least 4 members (excludes halogenated alkanes) is 40. The molecule has 16 heteroatoms. The molecule has 9 rings (SSSR count). The highest BCUT2D eigenvalue weighted by Crippen LogP contribution is 2.46. The Kier molecular flexibility index (Phi) is 41.3. The molecule has 8 bridgehead atoms. The van der Waals surface area contributed by atoms with Crippen LogP contribution in [0.2, 0.25) is 0 Å². The molecule has 0 atom stereocenters. The summed E-state index contributed by atoms with van der Waals surface area (Å²) in [6, 6.07) is 17.3. The zero-order valence-corrected chi connectivity index (χ0v) is 71.3. The smallest absolute Gasteiger partial charge is 0.253 e. The van der Waals surface area contributed by atoms with Gasteiger partial charge in [-0.05, 0) is 93.8 Å². The van der Waals surface area contributed by atoms with Gasteiger partial charge in [0.1, 0.15) is 11.3 Å². The average Bonchev–Trinajstić information content (AvgIpc) is 1.58. The summed E-state index contributed by atoms with van der Waals surface area (Å²) in [7, 11) is 0. The second kappa shape index (κ2) is 52.2. The molecule has 0 radical (unpaired) electrons. The van der Waals surface area contributed by atoms with Crippen molar-refractivity contribution < 1.29 is 37.9 Å². The summed E-state index contributed by atoms with van der Waals surface area (Å²) >= 11 is 0. The topological polar surface area (TPSA) is 163 Å². The number of nitrogens with zero attached hydrogens (tertiary/aromatic N) is 6. The molecule has 0 spiro atoms. The van der Waals surface area contributed by atoms with Crippen molar-refractivity contribution in [3.05, 3.63) is 72.4 Å². The first kappa shape index (κ1) is 88.6. The lowest BCUT2D eigenvalue weighted by molar-refractivity contribution is 0.142. The van der Waals surface area contributed by atoms with Crippen LogP contribution in [-0.2, 0) is 9.47 Å². The molecular formula is C96H148N8O8. The molecule has 0 fully saturated rings. The Hall–Kier alpha value is -7.36. The number of ether oxygens (including phenoxy) is 8. The van der Waals surface area contributed by atoms with E-state index in [1.165, 1.54) is 205 Å². The Morgan fingerprint density at radius 1 is 0.250 bits per heavy atom. The lowest BCUT2D eigenvalue weighted by Crippen LogP contribution is -2.36. The summed E-state index contributed by atoms with van der Waals surface area (Å²) in [5.74, 6) is 7.14. The number of anilines is 2. The maximum atomic E-state index is 6.94. The van der Waals surface area contributed by atoms with Crippen LogP contribution in [0.5, 0.6) is 34.5 Å². The van der Waals surface area contributed by atoms with Crippen LogP contribution in [0.25, 0.3) is 66.5 Å². The number of hydrazine groups is 1. The van der Waals surface area contributed by atoms with Crippen molar-refractivity contribution in [3.63, 3.8) is 0 Å². The molecule has 16 nitrogen and oxygen atoms in total. The molecule has 3 aliphatic rings. The Morgan fingerprint density at radius 2 is 0.536 bits per heavy atom. The van der Waals surface area contributed by atoms with E-state index in [-0.39, 0.29) is 0 Å². The highest BCUT2D eigenvalue weighted by molar-refractivity contribution is 6.10. The summed E-state index contributed by atoms with van der Waals surface area (Å²) in [6.07, 6.45) is 59.7. The maximum absolute atomic E-state index is 6.94. The van der Waals surface area contributed by atoms with E-state index in [0.717, 1.165) is 164 Å². The number of aromatic amines is 2. The molecule has 112 heavy (non-hydrogen) atoms. The predicted octanol–water partition coefficient (Wildman–Crippen LogP) is 28.9. The van der Waals surface area contributed by atoms with Crippen molar-refractivity contribution in [2.75, 3.05) is 62.9 Å². The standard InChI is InChI=1S/C96H148N8O8/c1-9-17-25-33-41-49-57-105-84-65-75-76(66-85(84)106-58-50-42-34-26-18-10-2)83-72-92-99-96(104-74-91(112-64-56-48-40-32-24-16-8)90(73-103(92)104)111-63-55-47-39-31-23-15-7)102-95-80-70-89(110-62-54-46-38-30-22-14-6)88(109-61-53-45-37-29-21-13-5)69-79(80)94(101-95)100-93-78-68-87(108-60-52-44-36-28-20-12-4)86(107-59-51-43-35-27-19-11-3)67-77(78)82(98-93)71-81(75)97-83/h65-74,97H,9-64H2,1-8H3,(H,98,99,100,101,102). The highest BCUT2D eigenvalue weighted by Gasteiger charge is 2.33. The first-order valence-corrected chi connectivity index (χ1v) is 46.0. The van der Waals surface area contributed by atoms with E-state index in [1.54, 1.807) is 0 Å². The molecule has 2 N–H and O–H groups in total. The van der Waals surface area contributed by atoms with Gasteiger partial charge < -0.3 is 47.9 Å². The Morgan fingerprint density at radius 3 is 0.893 bits per heavy atom. The minimum Gasteiger partial charge on any atom is -0.490 e. The second-order valence-corrected chi connectivity index (χ2v) is 32.0. The lowest BCUT2D eigenvalue weighted by Gasteiger charge is -2.30. The van der Waals surface area contributed by atoms with E-state index < -0.39 is 0 Å². The largest absolute Gasteiger partial charge is 0.490 e. The van der Waals surface area contributed by atoms with E-state index in [2.05, 4.69) is 125 Å². The average molecular weight is 1540 g/mol. The van der Waals surface area contributed by atoms with Gasteiger partial charge in [0.15, 0.2) is 57.7 Å². The van der Waals surface area contributed by atoms with Crippen LogP contribution >= 0.6 is 0 Å². The molecule has 6 heterocycles. The third-order valence-corrected chi connectivity index (χ3v) is 22.2. The summed E-state index contributed by atoms with van der Waals surface area (Å²) in [6.45, 7) is 22.8. The number of aromatic nitrogens is 6. The number of hydrogen-bond acceptors (Lipinski definition) is 14. The van der Waals surface area contributed by atoms with Crippen LogP contribution < -0.4 is 38.4 Å². The monoisotopic (exact) mass is 1540 g/mol. The van der Waals surface area contributed by atoms with Gasteiger partial charge in [-0.2, -0.15) is 9.97 Å². The van der Waals surface area contributed by atoms with Gasteiger partial charge in [0.25, 0.3) is 5.95 Å². The normalized spacial score (nSPS) is 12.6. The number of benzene rings is 3. The number of fused-ring (bicyclic) bond motifs is 20. The van der Waals surface area contributed by atoms with Crippen molar-refractivity contribution in [2.45, 2.75) is 364 Å². The number of H-pyrrole nitrogens is 2. The van der Waals surface area contributed by atoms with Gasteiger partial charge in [-0.25, -0.2) is 20.0 Å². The minimum atomic E-state index is 0.425. The van der Waals surface area contributed by atoms with Gasteiger partial charge >= 0.3 is 0 Å². The van der Waals surface area contributed by atoms with Crippen LogP contribution in [0.4, 0.5) is 11.8 Å². The fraction of sp³-hybridized carbons (Fsp3) is 0.667. The lowest BCUT2D eigenvalue weighted by atomic mass is 10.0. The Labute approximate surface area is 675 Å². The molecule has 0 saturated carbocycles. The molecule has 3 aromatic heterocycles. The summed E-state index contributed by atoms with van der Waals surface area (Å²) < 4.78 is 55.4. The molecule has 0 aliphatic carbocycles. The summed E-state index contributed by atoms with van der Waals surface area (Å²) in [4.78, 5) is 30.5. The van der Waals surface area contributed by atoms with Gasteiger partial charge in [0.2, 0.25) is 0 Å². The first-order valence-electron chi connectivity index (χ1n) is 46.0. The van der Waals surface area contributed by atoms with Gasteiger partial charge in [0.05, 0.1) is 76.5 Å². The van der Waals surface area contributed by atoms with E-state index in [1.807, 2.05) is 11.2 Å². The number of hydrogen-bond donors (Lipinski definition) is 2. The van der Waals surface area contributed by atoms with Crippen molar-refractivity contribution in [3.8, 4) is 57.1 Å². The van der Waals surface area contributed by atoms with Crippen molar-refractivity contribution >= 4 is 55.6 Å². The van der Waals surface area contributed by atoms with Crippen LogP contribution in [0.1, 0.15) is 364 Å². The van der Waals surface area contributed by atoms with Crippen molar-refractivity contribution in [2.24, 2.45) is 0 Å². The Bertz CT molecular complexity index is 3650. The molecule has 0 amide bonds. The SMILES string of the molecule is CCCCCCCCOC1=CN2c3cc4[nH]c(cc5nc(nc6[nH]c(nc(n3)N2C=C1OCCCCCCCC)c1cc(OCCCCCCCC)c(OCCCCCCCC)cc61)-c1cc(OCCCCCCCC)c(OCCCCCCCC)cc1-5)c1cc(OCCCCCCCC)c(OCCCCCCCC)cc41. The molecular weight excluding hydrogens is 1390 g/mol. The molecule has 620 valence electrons. The first-order chi connectivity index (χ1) is 55.3. The van der Waals surface area contributed by atoms with E-state index in [9.17, 15) is 0 Å². The Balaban J connectivity index is 1.30.